The molecule has 3 rings (SSSR count). The van der Waals surface area contributed by atoms with Crippen LogP contribution >= 0.6 is 0 Å². The predicted octanol–water partition coefficient (Wildman–Crippen LogP) is 1.36. The summed E-state index contributed by atoms with van der Waals surface area (Å²) < 4.78 is 11.1. The van der Waals surface area contributed by atoms with Gasteiger partial charge in [0, 0.05) is 50.8 Å². The minimum atomic E-state index is -0.855. The van der Waals surface area contributed by atoms with Crippen LogP contribution in [0.25, 0.3) is 0 Å². The first-order valence-corrected chi connectivity index (χ1v) is 8.27. The summed E-state index contributed by atoms with van der Waals surface area (Å²) in [5.41, 5.74) is 1.07. The van der Waals surface area contributed by atoms with Gasteiger partial charge in [0.1, 0.15) is 13.2 Å². The molecule has 24 heavy (non-hydrogen) atoms. The first-order chi connectivity index (χ1) is 11.6. The zero-order chi connectivity index (χ0) is 16.9. The van der Waals surface area contributed by atoms with Crippen LogP contribution in [0, 0.1) is 0 Å². The third kappa shape index (κ3) is 3.90. The van der Waals surface area contributed by atoms with Crippen molar-refractivity contribution >= 4 is 17.6 Å². The minimum absolute atomic E-state index is 0.0399. The van der Waals surface area contributed by atoms with E-state index in [0.717, 1.165) is 30.3 Å². The number of carboxylic acids is 1. The second-order valence-electron chi connectivity index (χ2n) is 5.94. The molecule has 0 spiro atoms. The fourth-order valence-corrected chi connectivity index (χ4v) is 2.99. The maximum absolute atomic E-state index is 12.1. The zero-order valence-corrected chi connectivity index (χ0v) is 13.6. The number of aliphatic carboxylic acids is 1. The van der Waals surface area contributed by atoms with Gasteiger partial charge in [-0.15, -0.1) is 0 Å². The number of fused-ring (bicyclic) bond motifs is 1. The lowest BCUT2D eigenvalue weighted by atomic mass is 10.2. The third-order valence-electron chi connectivity index (χ3n) is 4.30. The van der Waals surface area contributed by atoms with Crippen LogP contribution in [0.2, 0.25) is 0 Å². The van der Waals surface area contributed by atoms with E-state index in [0.29, 0.717) is 39.1 Å². The Morgan fingerprint density at radius 3 is 2.42 bits per heavy atom. The highest BCUT2D eigenvalue weighted by Crippen LogP contribution is 2.34. The molecule has 2 aliphatic heterocycles. The van der Waals surface area contributed by atoms with E-state index in [2.05, 4.69) is 4.90 Å². The Balaban J connectivity index is 1.51. The summed E-state index contributed by atoms with van der Waals surface area (Å²) in [6, 6.07) is 5.92. The predicted molar refractivity (Wildman–Crippen MR) is 87.7 cm³/mol. The number of amides is 1. The molecule has 1 aromatic rings. The van der Waals surface area contributed by atoms with Crippen LogP contribution in [-0.2, 0) is 9.59 Å². The van der Waals surface area contributed by atoms with Crippen molar-refractivity contribution in [2.24, 2.45) is 0 Å². The van der Waals surface area contributed by atoms with E-state index in [-0.39, 0.29) is 12.3 Å². The van der Waals surface area contributed by atoms with E-state index >= 15 is 0 Å². The van der Waals surface area contributed by atoms with Crippen molar-refractivity contribution in [3.8, 4) is 11.5 Å². The molecule has 0 unspecified atom stereocenters. The maximum Gasteiger partial charge on any atom is 0.303 e. The van der Waals surface area contributed by atoms with Crippen LogP contribution < -0.4 is 14.4 Å². The number of hydrogen-bond acceptors (Lipinski definition) is 5. The average Bonchev–Trinajstić information content (AvgIpc) is 2.61. The Morgan fingerprint density at radius 2 is 1.71 bits per heavy atom. The molecule has 1 amide bonds. The number of anilines is 1. The van der Waals surface area contributed by atoms with Crippen molar-refractivity contribution in [2.45, 2.75) is 19.3 Å². The van der Waals surface area contributed by atoms with Gasteiger partial charge in [-0.1, -0.05) is 0 Å². The van der Waals surface area contributed by atoms with Crippen LogP contribution in [0.5, 0.6) is 11.5 Å². The molecule has 0 aliphatic carbocycles. The van der Waals surface area contributed by atoms with E-state index in [4.69, 9.17) is 14.6 Å². The van der Waals surface area contributed by atoms with E-state index in [1.807, 2.05) is 23.1 Å². The lowest BCUT2D eigenvalue weighted by Crippen LogP contribution is -2.48. The van der Waals surface area contributed by atoms with E-state index in [1.165, 1.54) is 0 Å². The Bertz CT molecular complexity index is 611. The first kappa shape index (κ1) is 16.4. The summed E-state index contributed by atoms with van der Waals surface area (Å²) in [4.78, 5) is 26.6. The Morgan fingerprint density at radius 1 is 1.00 bits per heavy atom. The summed E-state index contributed by atoms with van der Waals surface area (Å²) in [5, 5.41) is 8.63. The fraction of sp³-hybridized carbons (Fsp3) is 0.529. The van der Waals surface area contributed by atoms with E-state index < -0.39 is 5.97 Å². The summed E-state index contributed by atoms with van der Waals surface area (Å²) >= 11 is 0. The Hall–Kier alpha value is -2.44. The Kier molecular flexibility index (Phi) is 5.08. The molecule has 2 aliphatic rings. The number of benzene rings is 1. The summed E-state index contributed by atoms with van der Waals surface area (Å²) in [7, 11) is 0. The number of rotatable bonds is 5. The van der Waals surface area contributed by atoms with Gasteiger partial charge in [-0.25, -0.2) is 0 Å². The van der Waals surface area contributed by atoms with Crippen LogP contribution in [-0.4, -0.2) is 61.3 Å². The van der Waals surface area contributed by atoms with Gasteiger partial charge >= 0.3 is 5.97 Å². The summed E-state index contributed by atoms with van der Waals surface area (Å²) in [6.45, 7) is 3.96. The topological polar surface area (TPSA) is 79.3 Å². The van der Waals surface area contributed by atoms with Gasteiger partial charge in [-0.05, 0) is 18.6 Å². The monoisotopic (exact) mass is 334 g/mol. The smallest absolute Gasteiger partial charge is 0.303 e. The molecule has 1 N–H and O–H groups in total. The highest BCUT2D eigenvalue weighted by atomic mass is 16.6. The molecule has 7 nitrogen and oxygen atoms in total. The highest BCUT2D eigenvalue weighted by molar-refractivity contribution is 5.77. The minimum Gasteiger partial charge on any atom is -0.486 e. The second kappa shape index (κ2) is 7.42. The molecule has 1 saturated heterocycles. The quantitative estimate of drug-likeness (QED) is 0.876. The largest absolute Gasteiger partial charge is 0.486 e. The molecule has 0 atom stereocenters. The van der Waals surface area contributed by atoms with Crippen molar-refractivity contribution in [1.29, 1.82) is 0 Å². The van der Waals surface area contributed by atoms with Gasteiger partial charge in [-0.3, -0.25) is 9.59 Å². The van der Waals surface area contributed by atoms with Crippen molar-refractivity contribution < 1.29 is 24.2 Å². The van der Waals surface area contributed by atoms with Gasteiger partial charge in [-0.2, -0.15) is 0 Å². The molecule has 0 saturated carbocycles. The van der Waals surface area contributed by atoms with Crippen LogP contribution in [0.3, 0.4) is 0 Å². The number of carbonyl (C=O) groups is 2. The van der Waals surface area contributed by atoms with Gasteiger partial charge in [0.15, 0.2) is 11.5 Å². The Labute approximate surface area is 140 Å². The van der Waals surface area contributed by atoms with E-state index in [9.17, 15) is 9.59 Å². The van der Waals surface area contributed by atoms with Gasteiger partial charge in [0.2, 0.25) is 5.91 Å². The van der Waals surface area contributed by atoms with Crippen LogP contribution in [0.1, 0.15) is 19.3 Å². The molecule has 7 heteroatoms. The molecule has 2 heterocycles. The lowest BCUT2D eigenvalue weighted by molar-refractivity contribution is -0.137. The van der Waals surface area contributed by atoms with Gasteiger partial charge < -0.3 is 24.4 Å². The lowest BCUT2D eigenvalue weighted by Gasteiger charge is -2.36. The molecule has 0 bridgehead atoms. The number of nitrogens with zero attached hydrogens (tertiary/aromatic N) is 2. The van der Waals surface area contributed by atoms with Crippen molar-refractivity contribution in [3.63, 3.8) is 0 Å². The van der Waals surface area contributed by atoms with Gasteiger partial charge in [0.05, 0.1) is 0 Å². The van der Waals surface area contributed by atoms with E-state index in [1.54, 1.807) is 0 Å². The molecule has 0 radical (unpaired) electrons. The van der Waals surface area contributed by atoms with Gasteiger partial charge in [0.25, 0.3) is 0 Å². The molecular weight excluding hydrogens is 312 g/mol. The maximum atomic E-state index is 12.1. The number of ether oxygens (including phenoxy) is 2. The molecule has 1 aromatic carbocycles. The van der Waals surface area contributed by atoms with Crippen LogP contribution in [0.4, 0.5) is 5.69 Å². The average molecular weight is 334 g/mol. The summed E-state index contributed by atoms with van der Waals surface area (Å²) in [6.07, 6.45) is 0.746. The second-order valence-corrected chi connectivity index (χ2v) is 5.94. The normalized spacial score (nSPS) is 16.8. The summed E-state index contributed by atoms with van der Waals surface area (Å²) in [5.74, 6) is 0.729. The zero-order valence-electron chi connectivity index (χ0n) is 13.6. The fourth-order valence-electron chi connectivity index (χ4n) is 2.99. The standard InChI is InChI=1S/C17H22N2O5/c20-16(2-1-3-17(21)22)19-8-6-18(7-9-19)13-4-5-14-15(12-13)24-11-10-23-14/h4-5,12H,1-3,6-11H2,(H,21,22). The third-order valence-corrected chi connectivity index (χ3v) is 4.30. The number of carboxylic acid groups (broad SMARTS) is 1. The molecule has 130 valence electrons. The highest BCUT2D eigenvalue weighted by Gasteiger charge is 2.22. The molecule has 1 fully saturated rings. The number of hydrogen-bond donors (Lipinski definition) is 1. The van der Waals surface area contributed by atoms with Crippen LogP contribution in [0.15, 0.2) is 18.2 Å². The number of piperazine rings is 1. The molecular formula is C17H22N2O5. The van der Waals surface area contributed by atoms with Crippen molar-refractivity contribution in [1.82, 2.24) is 4.90 Å². The first-order valence-electron chi connectivity index (χ1n) is 8.27. The number of carbonyl (C=O) groups excluding carboxylic acids is 1. The van der Waals surface area contributed by atoms with Crippen molar-refractivity contribution in [3.05, 3.63) is 18.2 Å². The SMILES string of the molecule is O=C(O)CCCC(=O)N1CCN(c2ccc3c(c2)OCCO3)CC1. The van der Waals surface area contributed by atoms with Crippen molar-refractivity contribution in [2.75, 3.05) is 44.3 Å². The molecule has 0 aromatic heterocycles.